The van der Waals surface area contributed by atoms with Gasteiger partial charge in [0.2, 0.25) is 0 Å². The standard InChI is InChI=1S/C14H21BrN2O3/c1-13(2,3)20-12(18)17-14(4,9-19-5)11-8-10(15)6-7-16-11/h6-8H,9H2,1-5H3,(H,17,18). The predicted molar refractivity (Wildman–Crippen MR) is 80.5 cm³/mol. The van der Waals surface area contributed by atoms with E-state index in [1.54, 1.807) is 13.3 Å². The van der Waals surface area contributed by atoms with Crippen molar-refractivity contribution in [2.24, 2.45) is 0 Å². The predicted octanol–water partition coefficient (Wildman–Crippen LogP) is 3.23. The van der Waals surface area contributed by atoms with Crippen LogP contribution in [0.1, 0.15) is 33.4 Å². The van der Waals surface area contributed by atoms with Crippen LogP contribution >= 0.6 is 15.9 Å². The van der Waals surface area contributed by atoms with E-state index in [0.717, 1.165) is 4.47 Å². The SMILES string of the molecule is COCC(C)(NC(=O)OC(C)(C)C)c1cc(Br)ccn1. The second-order valence-corrected chi connectivity index (χ2v) is 6.67. The number of alkyl carbamates (subject to hydrolysis) is 1. The molecule has 1 unspecified atom stereocenters. The minimum absolute atomic E-state index is 0.287. The monoisotopic (exact) mass is 344 g/mol. The maximum atomic E-state index is 12.0. The highest BCUT2D eigenvalue weighted by atomic mass is 79.9. The molecule has 5 nitrogen and oxygen atoms in total. The molecule has 0 bridgehead atoms. The topological polar surface area (TPSA) is 60.5 Å². The molecule has 1 aromatic rings. The van der Waals surface area contributed by atoms with Crippen LogP contribution in [0.25, 0.3) is 0 Å². The molecule has 0 saturated carbocycles. The molecule has 20 heavy (non-hydrogen) atoms. The number of rotatable bonds is 4. The molecular formula is C14H21BrN2O3. The van der Waals surface area contributed by atoms with E-state index < -0.39 is 17.2 Å². The maximum absolute atomic E-state index is 12.0. The molecule has 1 amide bonds. The molecular weight excluding hydrogens is 324 g/mol. The molecule has 1 atom stereocenters. The number of ether oxygens (including phenoxy) is 2. The van der Waals surface area contributed by atoms with Gasteiger partial charge in [-0.1, -0.05) is 15.9 Å². The fraction of sp³-hybridized carbons (Fsp3) is 0.571. The van der Waals surface area contributed by atoms with Crippen molar-refractivity contribution in [1.82, 2.24) is 10.3 Å². The van der Waals surface area contributed by atoms with Crippen LogP contribution in [0, 0.1) is 0 Å². The van der Waals surface area contributed by atoms with E-state index in [1.807, 2.05) is 39.8 Å². The Morgan fingerprint density at radius 2 is 2.05 bits per heavy atom. The molecule has 1 N–H and O–H groups in total. The Balaban J connectivity index is 2.95. The molecule has 0 aromatic carbocycles. The largest absolute Gasteiger partial charge is 0.444 e. The van der Waals surface area contributed by atoms with Gasteiger partial charge in [-0.15, -0.1) is 0 Å². The van der Waals surface area contributed by atoms with Gasteiger partial charge in [0.15, 0.2) is 0 Å². The van der Waals surface area contributed by atoms with Crippen molar-refractivity contribution >= 4 is 22.0 Å². The van der Waals surface area contributed by atoms with Crippen LogP contribution in [0.15, 0.2) is 22.8 Å². The number of hydrogen-bond donors (Lipinski definition) is 1. The number of carbonyl (C=O) groups is 1. The van der Waals surface area contributed by atoms with Crippen LogP contribution < -0.4 is 5.32 Å². The van der Waals surface area contributed by atoms with Crippen molar-refractivity contribution in [3.8, 4) is 0 Å². The van der Waals surface area contributed by atoms with Crippen LogP contribution in [0.4, 0.5) is 4.79 Å². The Bertz CT molecular complexity index is 474. The van der Waals surface area contributed by atoms with Crippen molar-refractivity contribution in [3.63, 3.8) is 0 Å². The van der Waals surface area contributed by atoms with E-state index in [9.17, 15) is 4.79 Å². The van der Waals surface area contributed by atoms with E-state index in [0.29, 0.717) is 5.69 Å². The summed E-state index contributed by atoms with van der Waals surface area (Å²) < 4.78 is 11.4. The van der Waals surface area contributed by atoms with Gasteiger partial charge < -0.3 is 14.8 Å². The van der Waals surface area contributed by atoms with E-state index >= 15 is 0 Å². The Hall–Kier alpha value is -1.14. The second kappa shape index (κ2) is 6.54. The van der Waals surface area contributed by atoms with Crippen molar-refractivity contribution in [2.75, 3.05) is 13.7 Å². The van der Waals surface area contributed by atoms with Gasteiger partial charge in [0.1, 0.15) is 11.1 Å². The molecule has 1 rings (SSSR count). The number of amides is 1. The summed E-state index contributed by atoms with van der Waals surface area (Å²) in [6.07, 6.45) is 1.17. The lowest BCUT2D eigenvalue weighted by atomic mass is 9.98. The third kappa shape index (κ3) is 5.09. The van der Waals surface area contributed by atoms with Gasteiger partial charge in [-0.2, -0.15) is 0 Å². The Kier molecular flexibility index (Phi) is 5.53. The Morgan fingerprint density at radius 1 is 1.40 bits per heavy atom. The number of nitrogens with zero attached hydrogens (tertiary/aromatic N) is 1. The molecule has 0 spiro atoms. The molecule has 6 heteroatoms. The average Bonchev–Trinajstić information content (AvgIpc) is 2.26. The fourth-order valence-electron chi connectivity index (χ4n) is 1.70. The minimum atomic E-state index is -0.763. The number of carbonyl (C=O) groups excluding carboxylic acids is 1. The second-order valence-electron chi connectivity index (χ2n) is 5.75. The van der Waals surface area contributed by atoms with Crippen LogP contribution in [0.3, 0.4) is 0 Å². The van der Waals surface area contributed by atoms with Crippen LogP contribution in [0.5, 0.6) is 0 Å². The van der Waals surface area contributed by atoms with Crippen LogP contribution in [-0.4, -0.2) is 30.4 Å². The molecule has 1 aromatic heterocycles. The summed E-state index contributed by atoms with van der Waals surface area (Å²) in [5.41, 5.74) is -0.622. The maximum Gasteiger partial charge on any atom is 0.408 e. The number of hydrogen-bond acceptors (Lipinski definition) is 4. The molecule has 1 heterocycles. The van der Waals surface area contributed by atoms with Gasteiger partial charge >= 0.3 is 6.09 Å². The lowest BCUT2D eigenvalue weighted by Crippen LogP contribution is -2.49. The number of methoxy groups -OCH3 is 1. The first-order valence-corrected chi connectivity index (χ1v) is 7.08. The lowest BCUT2D eigenvalue weighted by molar-refractivity contribution is 0.0370. The first-order chi connectivity index (χ1) is 9.16. The summed E-state index contributed by atoms with van der Waals surface area (Å²) in [5.74, 6) is 0. The van der Waals surface area contributed by atoms with Crippen molar-refractivity contribution < 1.29 is 14.3 Å². The highest BCUT2D eigenvalue weighted by Crippen LogP contribution is 2.23. The van der Waals surface area contributed by atoms with E-state index in [-0.39, 0.29) is 6.61 Å². The van der Waals surface area contributed by atoms with Crippen molar-refractivity contribution in [3.05, 3.63) is 28.5 Å². The normalized spacial score (nSPS) is 14.5. The van der Waals surface area contributed by atoms with E-state index in [1.165, 1.54) is 0 Å². The van der Waals surface area contributed by atoms with Crippen LogP contribution in [-0.2, 0) is 15.0 Å². The Labute approximate surface area is 128 Å². The number of aromatic nitrogens is 1. The molecule has 112 valence electrons. The summed E-state index contributed by atoms with van der Waals surface area (Å²) in [6, 6.07) is 3.67. The summed E-state index contributed by atoms with van der Waals surface area (Å²) in [5, 5.41) is 2.82. The molecule has 0 fully saturated rings. The third-order valence-corrected chi connectivity index (χ3v) is 2.99. The molecule has 0 aliphatic heterocycles. The summed E-state index contributed by atoms with van der Waals surface area (Å²) in [4.78, 5) is 16.3. The van der Waals surface area contributed by atoms with Gasteiger partial charge in [0.05, 0.1) is 12.3 Å². The van der Waals surface area contributed by atoms with Gasteiger partial charge in [-0.3, -0.25) is 4.98 Å². The van der Waals surface area contributed by atoms with Gasteiger partial charge in [-0.05, 0) is 39.8 Å². The fourth-order valence-corrected chi connectivity index (χ4v) is 2.03. The van der Waals surface area contributed by atoms with E-state index in [2.05, 4.69) is 26.2 Å². The van der Waals surface area contributed by atoms with Gasteiger partial charge in [0.25, 0.3) is 0 Å². The van der Waals surface area contributed by atoms with Gasteiger partial charge in [0, 0.05) is 17.8 Å². The first-order valence-electron chi connectivity index (χ1n) is 6.28. The summed E-state index contributed by atoms with van der Waals surface area (Å²) in [7, 11) is 1.58. The number of nitrogens with one attached hydrogen (secondary N) is 1. The number of halogens is 1. The molecule has 0 aliphatic rings. The zero-order chi connectivity index (χ0) is 15.4. The molecule has 0 saturated heterocycles. The minimum Gasteiger partial charge on any atom is -0.444 e. The third-order valence-electron chi connectivity index (χ3n) is 2.50. The quantitative estimate of drug-likeness (QED) is 0.910. The van der Waals surface area contributed by atoms with Crippen molar-refractivity contribution in [2.45, 2.75) is 38.8 Å². The van der Waals surface area contributed by atoms with E-state index in [4.69, 9.17) is 9.47 Å². The summed E-state index contributed by atoms with van der Waals surface area (Å²) in [6.45, 7) is 7.58. The molecule has 0 aliphatic carbocycles. The zero-order valence-corrected chi connectivity index (χ0v) is 14.1. The van der Waals surface area contributed by atoms with Crippen LogP contribution in [0.2, 0.25) is 0 Å². The average molecular weight is 345 g/mol. The smallest absolute Gasteiger partial charge is 0.408 e. The summed E-state index contributed by atoms with van der Waals surface area (Å²) >= 11 is 3.40. The lowest BCUT2D eigenvalue weighted by Gasteiger charge is -2.31. The van der Waals surface area contributed by atoms with Gasteiger partial charge in [-0.25, -0.2) is 4.79 Å². The zero-order valence-electron chi connectivity index (χ0n) is 12.5. The first kappa shape index (κ1) is 16.9. The highest BCUT2D eigenvalue weighted by molar-refractivity contribution is 9.10. The van der Waals surface area contributed by atoms with Crippen molar-refractivity contribution in [1.29, 1.82) is 0 Å². The highest BCUT2D eigenvalue weighted by Gasteiger charge is 2.32. The molecule has 0 radical (unpaired) electrons. The Morgan fingerprint density at radius 3 is 2.55 bits per heavy atom. The number of pyridine rings is 1.